The number of nitrogens with zero attached hydrogens (tertiary/aromatic N) is 3. The molecule has 3 aromatic rings. The maximum atomic E-state index is 14.7. The summed E-state index contributed by atoms with van der Waals surface area (Å²) in [5.74, 6) is 0.987. The van der Waals surface area contributed by atoms with Gasteiger partial charge in [0, 0.05) is 67.3 Å². The normalized spacial score (nSPS) is 21.7. The van der Waals surface area contributed by atoms with E-state index in [1.807, 2.05) is 36.2 Å². The minimum atomic E-state index is -0.270. The quantitative estimate of drug-likeness (QED) is 0.583. The topological polar surface area (TPSA) is 57.9 Å². The lowest BCUT2D eigenvalue weighted by Gasteiger charge is -2.57. The maximum absolute atomic E-state index is 14.7. The van der Waals surface area contributed by atoms with E-state index in [1.165, 1.54) is 11.6 Å². The highest BCUT2D eigenvalue weighted by Gasteiger charge is 2.55. The number of hydrogen-bond acceptors (Lipinski definition) is 4. The molecule has 190 valence electrons. The van der Waals surface area contributed by atoms with Crippen LogP contribution in [0.3, 0.4) is 0 Å². The van der Waals surface area contributed by atoms with Gasteiger partial charge in [-0.3, -0.25) is 9.69 Å². The molecule has 3 aliphatic rings. The average Bonchev–Trinajstić information content (AvgIpc) is 3.51. The number of fused-ring (bicyclic) bond motifs is 4. The van der Waals surface area contributed by atoms with E-state index in [0.29, 0.717) is 31.7 Å². The Balaban J connectivity index is 1.44. The first kappa shape index (κ1) is 23.5. The van der Waals surface area contributed by atoms with Gasteiger partial charge in [-0.25, -0.2) is 4.39 Å². The molecule has 36 heavy (non-hydrogen) atoms. The minimum absolute atomic E-state index is 0.0659. The molecule has 7 heteroatoms. The number of aryl methyl sites for hydroxylation is 1. The van der Waals surface area contributed by atoms with Crippen molar-refractivity contribution >= 4 is 16.8 Å². The molecule has 0 radical (unpaired) electrons. The number of amides is 1. The number of carbonyl (C=O) groups excluding carboxylic acids is 1. The highest BCUT2D eigenvalue weighted by molar-refractivity contribution is 5.90. The highest BCUT2D eigenvalue weighted by Crippen LogP contribution is 2.50. The van der Waals surface area contributed by atoms with Gasteiger partial charge in [-0.15, -0.1) is 0 Å². The molecule has 1 N–H and O–H groups in total. The molecular weight excluding hydrogens is 457 g/mol. The molecule has 1 atom stereocenters. The van der Waals surface area contributed by atoms with Crippen LogP contribution in [0.15, 0.2) is 42.5 Å². The number of methoxy groups -OCH3 is 1. The molecule has 0 unspecified atom stereocenters. The predicted molar refractivity (Wildman–Crippen MR) is 136 cm³/mol. The standard InChI is InChI=1S/C29H34FN3O3/c1-31-24-13-21(36-2)11-12-22(24)26-27(31)25(15-34)32(14-20-9-5-6-10-23(20)30)16-29(26)17-33(18-29)28(35)19-7-3-4-8-19/h5-6,9-13,19,25,34H,3-4,7-8,14-18H2,1-2H3/t25-/m1/s1. The van der Waals surface area contributed by atoms with Crippen molar-refractivity contribution in [2.45, 2.75) is 43.7 Å². The SMILES string of the molecule is COc1ccc2c3c(n(C)c2c1)[C@@H](CO)N(Cc1ccccc1F)CC31CN(C(=O)C2CCCC2)C1. The molecule has 2 aliphatic heterocycles. The number of benzene rings is 2. The smallest absolute Gasteiger partial charge is 0.225 e. The molecule has 1 spiro atoms. The summed E-state index contributed by atoms with van der Waals surface area (Å²) >= 11 is 0. The fourth-order valence-electron chi connectivity index (χ4n) is 7.00. The second-order valence-corrected chi connectivity index (χ2v) is 10.9. The first-order valence-electron chi connectivity index (χ1n) is 13.0. The summed E-state index contributed by atoms with van der Waals surface area (Å²) in [6.45, 7) is 2.32. The zero-order chi connectivity index (χ0) is 25.0. The average molecular weight is 492 g/mol. The van der Waals surface area contributed by atoms with Crippen molar-refractivity contribution in [3.63, 3.8) is 0 Å². The van der Waals surface area contributed by atoms with Gasteiger partial charge >= 0.3 is 0 Å². The molecule has 0 bridgehead atoms. The fraction of sp³-hybridized carbons (Fsp3) is 0.483. The number of aromatic nitrogens is 1. The molecule has 2 aromatic carbocycles. The van der Waals surface area contributed by atoms with E-state index in [2.05, 4.69) is 15.5 Å². The summed E-state index contributed by atoms with van der Waals surface area (Å²) in [5, 5.41) is 11.8. The molecule has 1 aliphatic carbocycles. The summed E-state index contributed by atoms with van der Waals surface area (Å²) in [4.78, 5) is 17.5. The van der Waals surface area contributed by atoms with E-state index in [-0.39, 0.29) is 35.7 Å². The van der Waals surface area contributed by atoms with Crippen molar-refractivity contribution in [3.8, 4) is 5.75 Å². The van der Waals surface area contributed by atoms with Crippen LogP contribution in [0.5, 0.6) is 5.75 Å². The third-order valence-corrected chi connectivity index (χ3v) is 8.75. The minimum Gasteiger partial charge on any atom is -0.497 e. The molecule has 6 nitrogen and oxygen atoms in total. The summed E-state index contributed by atoms with van der Waals surface area (Å²) in [5.41, 5.74) is 3.69. The lowest BCUT2D eigenvalue weighted by Crippen LogP contribution is -2.68. The van der Waals surface area contributed by atoms with E-state index >= 15 is 0 Å². The Morgan fingerprint density at radius 1 is 1.14 bits per heavy atom. The van der Waals surface area contributed by atoms with Crippen molar-refractivity contribution in [2.75, 3.05) is 33.4 Å². The largest absolute Gasteiger partial charge is 0.497 e. The second kappa shape index (κ2) is 8.89. The van der Waals surface area contributed by atoms with Crippen molar-refractivity contribution in [1.29, 1.82) is 0 Å². The third kappa shape index (κ3) is 3.55. The van der Waals surface area contributed by atoms with Crippen LogP contribution in [0.2, 0.25) is 0 Å². The van der Waals surface area contributed by atoms with Gasteiger partial charge in [0.1, 0.15) is 11.6 Å². The number of ether oxygens (including phenoxy) is 1. The number of aliphatic hydroxyl groups is 1. The Hall–Kier alpha value is -2.90. The Morgan fingerprint density at radius 2 is 1.89 bits per heavy atom. The molecule has 1 aromatic heterocycles. The molecular formula is C29H34FN3O3. The van der Waals surface area contributed by atoms with Crippen molar-refractivity contribution in [2.24, 2.45) is 13.0 Å². The van der Waals surface area contributed by atoms with E-state index in [0.717, 1.165) is 48.0 Å². The Bertz CT molecular complexity index is 1310. The molecule has 1 amide bonds. The van der Waals surface area contributed by atoms with Crippen LogP contribution in [-0.4, -0.2) is 58.7 Å². The summed E-state index contributed by atoms with van der Waals surface area (Å²) in [7, 11) is 3.69. The van der Waals surface area contributed by atoms with Crippen LogP contribution in [0.1, 0.15) is 48.5 Å². The van der Waals surface area contributed by atoms with Gasteiger partial charge in [0.25, 0.3) is 0 Å². The van der Waals surface area contributed by atoms with E-state index < -0.39 is 0 Å². The summed E-state index contributed by atoms with van der Waals surface area (Å²) < 4.78 is 22.3. The van der Waals surface area contributed by atoms with Crippen LogP contribution in [-0.2, 0) is 23.8 Å². The third-order valence-electron chi connectivity index (χ3n) is 8.75. The first-order chi connectivity index (χ1) is 17.5. The van der Waals surface area contributed by atoms with Crippen LogP contribution in [0, 0.1) is 11.7 Å². The number of carbonyl (C=O) groups is 1. The molecule has 6 rings (SSSR count). The zero-order valence-corrected chi connectivity index (χ0v) is 21.0. The number of halogens is 1. The first-order valence-corrected chi connectivity index (χ1v) is 13.0. The van der Waals surface area contributed by atoms with E-state index in [9.17, 15) is 14.3 Å². The summed E-state index contributed by atoms with van der Waals surface area (Å²) in [6, 6.07) is 12.7. The van der Waals surface area contributed by atoms with Crippen LogP contribution < -0.4 is 4.74 Å². The van der Waals surface area contributed by atoms with Gasteiger partial charge in [-0.2, -0.15) is 0 Å². The van der Waals surface area contributed by atoms with Crippen LogP contribution in [0.4, 0.5) is 4.39 Å². The van der Waals surface area contributed by atoms with Crippen LogP contribution >= 0.6 is 0 Å². The molecule has 2 fully saturated rings. The number of hydrogen-bond donors (Lipinski definition) is 1. The van der Waals surface area contributed by atoms with E-state index in [1.54, 1.807) is 13.2 Å². The Labute approximate surface area is 211 Å². The van der Waals surface area contributed by atoms with Crippen molar-refractivity contribution in [3.05, 3.63) is 65.1 Å². The van der Waals surface area contributed by atoms with Crippen molar-refractivity contribution in [1.82, 2.24) is 14.4 Å². The Kier molecular flexibility index (Phi) is 5.80. The van der Waals surface area contributed by atoms with Gasteiger partial charge in [-0.05, 0) is 36.6 Å². The fourth-order valence-corrected chi connectivity index (χ4v) is 7.00. The van der Waals surface area contributed by atoms with Gasteiger partial charge in [-0.1, -0.05) is 31.0 Å². The maximum Gasteiger partial charge on any atom is 0.225 e. The number of likely N-dealkylation sites (tertiary alicyclic amines) is 1. The monoisotopic (exact) mass is 491 g/mol. The molecule has 1 saturated carbocycles. The Morgan fingerprint density at radius 3 is 2.58 bits per heavy atom. The predicted octanol–water partition coefficient (Wildman–Crippen LogP) is 4.15. The van der Waals surface area contributed by atoms with Gasteiger partial charge in [0.2, 0.25) is 5.91 Å². The van der Waals surface area contributed by atoms with E-state index in [4.69, 9.17) is 4.74 Å². The molecule has 3 heterocycles. The van der Waals surface area contributed by atoms with Gasteiger partial charge in [0.05, 0.1) is 25.3 Å². The lowest BCUT2D eigenvalue weighted by molar-refractivity contribution is -0.145. The zero-order valence-electron chi connectivity index (χ0n) is 21.0. The highest BCUT2D eigenvalue weighted by atomic mass is 19.1. The van der Waals surface area contributed by atoms with Gasteiger partial charge < -0.3 is 19.3 Å². The lowest BCUT2D eigenvalue weighted by atomic mass is 9.68. The second-order valence-electron chi connectivity index (χ2n) is 10.9. The van der Waals surface area contributed by atoms with Crippen molar-refractivity contribution < 1.29 is 19.0 Å². The number of aliphatic hydroxyl groups excluding tert-OH is 1. The van der Waals surface area contributed by atoms with Gasteiger partial charge in [0.15, 0.2) is 0 Å². The molecule has 1 saturated heterocycles. The van der Waals surface area contributed by atoms with Crippen LogP contribution in [0.25, 0.3) is 10.9 Å². The summed E-state index contributed by atoms with van der Waals surface area (Å²) in [6.07, 6.45) is 4.26. The number of rotatable bonds is 5.